The summed E-state index contributed by atoms with van der Waals surface area (Å²) < 4.78 is 1.74. The lowest BCUT2D eigenvalue weighted by molar-refractivity contribution is -0.119. The maximum Gasteiger partial charge on any atom is 0.230 e. The van der Waals surface area contributed by atoms with Crippen molar-refractivity contribution in [2.75, 3.05) is 18.4 Å². The van der Waals surface area contributed by atoms with Crippen LogP contribution in [0.4, 0.5) is 5.82 Å². The number of imidazole rings is 1. The quantitative estimate of drug-likeness (QED) is 0.866. The molecule has 3 rings (SSSR count). The molecule has 1 aromatic heterocycles. The van der Waals surface area contributed by atoms with Gasteiger partial charge in [0.15, 0.2) is 12.0 Å². The van der Waals surface area contributed by atoms with E-state index in [9.17, 15) is 4.79 Å². The van der Waals surface area contributed by atoms with Gasteiger partial charge in [0.25, 0.3) is 0 Å². The van der Waals surface area contributed by atoms with Gasteiger partial charge in [-0.2, -0.15) is 10.5 Å². The minimum atomic E-state index is -0.193. The number of carbonyl (C=O) groups excluding carboxylic acids is 1. The number of nitriles is 2. The molecule has 1 fully saturated rings. The average Bonchev–Trinajstić information content (AvgIpc) is 3.24. The first-order chi connectivity index (χ1) is 11.2. The van der Waals surface area contributed by atoms with Crippen LogP contribution in [0.2, 0.25) is 0 Å². The molecule has 2 aromatic rings. The number of nitrogens with zero attached hydrogens (tertiary/aromatic N) is 5. The Morgan fingerprint density at radius 2 is 2.26 bits per heavy atom. The van der Waals surface area contributed by atoms with Gasteiger partial charge in [-0.1, -0.05) is 6.07 Å². The van der Waals surface area contributed by atoms with E-state index in [4.69, 9.17) is 10.5 Å². The highest BCUT2D eigenvalue weighted by atomic mass is 16.2. The van der Waals surface area contributed by atoms with Crippen LogP contribution in [0.1, 0.15) is 12.0 Å². The number of benzene rings is 1. The number of rotatable bonds is 3. The Morgan fingerprint density at radius 3 is 3.00 bits per heavy atom. The van der Waals surface area contributed by atoms with Crippen LogP contribution in [0.25, 0.3) is 5.69 Å². The molecule has 7 heteroatoms. The molecule has 1 aliphatic rings. The molecule has 2 heterocycles. The van der Waals surface area contributed by atoms with E-state index >= 15 is 0 Å². The summed E-state index contributed by atoms with van der Waals surface area (Å²) in [5.74, 6) is 0.133. The van der Waals surface area contributed by atoms with Crippen LogP contribution in [-0.4, -0.2) is 33.4 Å². The monoisotopic (exact) mass is 306 g/mol. The van der Waals surface area contributed by atoms with Crippen molar-refractivity contribution >= 4 is 11.7 Å². The Balaban J connectivity index is 1.69. The SMILES string of the molecule is N#Cc1cccc(-n2cnc(NC(=O)[C@H]3CCN(C#N)C3)c2)c1. The molecule has 0 spiro atoms. The molecule has 1 aliphatic heterocycles. The van der Waals surface area contributed by atoms with Gasteiger partial charge in [-0.15, -0.1) is 0 Å². The molecule has 7 nitrogen and oxygen atoms in total. The van der Waals surface area contributed by atoms with Crippen molar-refractivity contribution in [3.8, 4) is 17.9 Å². The summed E-state index contributed by atoms with van der Waals surface area (Å²) in [4.78, 5) is 17.9. The lowest BCUT2D eigenvalue weighted by Crippen LogP contribution is -2.25. The van der Waals surface area contributed by atoms with E-state index in [1.165, 1.54) is 0 Å². The van der Waals surface area contributed by atoms with E-state index < -0.39 is 0 Å². The maximum atomic E-state index is 12.2. The summed E-state index contributed by atoms with van der Waals surface area (Å²) in [5, 5.41) is 20.5. The smallest absolute Gasteiger partial charge is 0.230 e. The summed E-state index contributed by atoms with van der Waals surface area (Å²) in [6.45, 7) is 1.07. The third-order valence-corrected chi connectivity index (χ3v) is 3.81. The topological polar surface area (TPSA) is 97.7 Å². The number of hydrogen-bond acceptors (Lipinski definition) is 5. The van der Waals surface area contributed by atoms with E-state index in [0.717, 1.165) is 5.69 Å². The number of anilines is 1. The molecular weight excluding hydrogens is 292 g/mol. The van der Waals surface area contributed by atoms with Gasteiger partial charge in [0.2, 0.25) is 5.91 Å². The minimum absolute atomic E-state index is 0.126. The Hall–Kier alpha value is -3.32. The third-order valence-electron chi connectivity index (χ3n) is 3.81. The van der Waals surface area contributed by atoms with E-state index in [1.54, 1.807) is 40.2 Å². The van der Waals surface area contributed by atoms with Crippen molar-refractivity contribution in [2.24, 2.45) is 5.92 Å². The van der Waals surface area contributed by atoms with Crippen molar-refractivity contribution in [1.29, 1.82) is 10.5 Å². The highest BCUT2D eigenvalue weighted by molar-refractivity contribution is 5.92. The van der Waals surface area contributed by atoms with E-state index in [2.05, 4.69) is 22.6 Å². The van der Waals surface area contributed by atoms with Crippen molar-refractivity contribution in [3.05, 3.63) is 42.4 Å². The largest absolute Gasteiger partial charge is 0.310 e. The number of carbonyl (C=O) groups is 1. The van der Waals surface area contributed by atoms with Gasteiger partial charge in [0, 0.05) is 18.8 Å². The molecular formula is C16H14N6O. The summed E-state index contributed by atoms with van der Waals surface area (Å²) in [6.07, 6.45) is 6.01. The number of likely N-dealkylation sites (tertiary alicyclic amines) is 1. The lowest BCUT2D eigenvalue weighted by atomic mass is 10.1. The Kier molecular flexibility index (Phi) is 3.94. The zero-order valence-electron chi connectivity index (χ0n) is 12.3. The average molecular weight is 306 g/mol. The van der Waals surface area contributed by atoms with Crippen molar-refractivity contribution in [2.45, 2.75) is 6.42 Å². The predicted molar refractivity (Wildman–Crippen MR) is 82.2 cm³/mol. The zero-order chi connectivity index (χ0) is 16.2. The minimum Gasteiger partial charge on any atom is -0.310 e. The van der Waals surface area contributed by atoms with Crippen LogP contribution in [0.15, 0.2) is 36.8 Å². The first-order valence-electron chi connectivity index (χ1n) is 7.19. The molecule has 1 N–H and O–H groups in total. The van der Waals surface area contributed by atoms with E-state index in [-0.39, 0.29) is 11.8 Å². The molecule has 0 bridgehead atoms. The van der Waals surface area contributed by atoms with Gasteiger partial charge in [-0.05, 0) is 24.6 Å². The number of aromatic nitrogens is 2. The van der Waals surface area contributed by atoms with Gasteiger partial charge >= 0.3 is 0 Å². The maximum absolute atomic E-state index is 12.2. The van der Waals surface area contributed by atoms with E-state index in [1.807, 2.05) is 6.07 Å². The van der Waals surface area contributed by atoms with E-state index in [0.29, 0.717) is 30.9 Å². The Bertz CT molecular complexity index is 812. The van der Waals surface area contributed by atoms with Crippen molar-refractivity contribution in [3.63, 3.8) is 0 Å². The summed E-state index contributed by atoms with van der Waals surface area (Å²) in [7, 11) is 0. The van der Waals surface area contributed by atoms with Gasteiger partial charge in [-0.25, -0.2) is 4.98 Å². The molecule has 1 aromatic carbocycles. The zero-order valence-corrected chi connectivity index (χ0v) is 12.3. The van der Waals surface area contributed by atoms with Crippen LogP contribution >= 0.6 is 0 Å². The van der Waals surface area contributed by atoms with Crippen LogP contribution < -0.4 is 5.32 Å². The number of amides is 1. The summed E-state index contributed by atoms with van der Waals surface area (Å²) in [6, 6.07) is 9.21. The third kappa shape index (κ3) is 3.14. The summed E-state index contributed by atoms with van der Waals surface area (Å²) >= 11 is 0. The molecule has 0 unspecified atom stereocenters. The van der Waals surface area contributed by atoms with Crippen LogP contribution in [-0.2, 0) is 4.79 Å². The van der Waals surface area contributed by atoms with Gasteiger partial charge < -0.3 is 14.8 Å². The fraction of sp³-hybridized carbons (Fsp3) is 0.250. The number of hydrogen-bond donors (Lipinski definition) is 1. The first-order valence-corrected chi connectivity index (χ1v) is 7.19. The van der Waals surface area contributed by atoms with Crippen molar-refractivity contribution in [1.82, 2.24) is 14.5 Å². The standard InChI is InChI=1S/C16H14N6O/c17-7-12-2-1-3-14(6-12)22-9-15(19-11-22)20-16(23)13-4-5-21(8-13)10-18/h1-3,6,9,11,13H,4-5,8H2,(H,20,23)/t13-/m0/s1. The number of nitrogens with one attached hydrogen (secondary N) is 1. The van der Waals surface area contributed by atoms with Crippen molar-refractivity contribution < 1.29 is 4.79 Å². The second-order valence-corrected chi connectivity index (χ2v) is 5.35. The van der Waals surface area contributed by atoms with Gasteiger partial charge in [0.05, 0.1) is 23.7 Å². The highest BCUT2D eigenvalue weighted by Gasteiger charge is 2.28. The Morgan fingerprint density at radius 1 is 1.39 bits per heavy atom. The molecule has 23 heavy (non-hydrogen) atoms. The van der Waals surface area contributed by atoms with Crippen LogP contribution in [0, 0.1) is 28.7 Å². The normalized spacial score (nSPS) is 16.6. The first kappa shape index (κ1) is 14.6. The fourth-order valence-electron chi connectivity index (χ4n) is 2.56. The molecule has 114 valence electrons. The summed E-state index contributed by atoms with van der Waals surface area (Å²) in [5.41, 5.74) is 1.36. The predicted octanol–water partition coefficient (Wildman–Crippen LogP) is 1.49. The Labute approximate surface area is 133 Å². The second kappa shape index (κ2) is 6.20. The molecule has 0 saturated carbocycles. The van der Waals surface area contributed by atoms with Crippen LogP contribution in [0.3, 0.4) is 0 Å². The molecule has 1 atom stereocenters. The van der Waals surface area contributed by atoms with Gasteiger partial charge in [0.1, 0.15) is 6.33 Å². The fourth-order valence-corrected chi connectivity index (χ4v) is 2.56. The second-order valence-electron chi connectivity index (χ2n) is 5.35. The molecule has 1 amide bonds. The van der Waals surface area contributed by atoms with Crippen LogP contribution in [0.5, 0.6) is 0 Å². The highest BCUT2D eigenvalue weighted by Crippen LogP contribution is 2.18. The van der Waals surface area contributed by atoms with Gasteiger partial charge in [-0.3, -0.25) is 4.79 Å². The molecule has 1 saturated heterocycles. The molecule has 0 aliphatic carbocycles. The lowest BCUT2D eigenvalue weighted by Gasteiger charge is -2.08. The molecule has 0 radical (unpaired) electrons.